The number of anilines is 1. The predicted molar refractivity (Wildman–Crippen MR) is 118 cm³/mol. The molecule has 0 fully saturated rings. The zero-order valence-electron chi connectivity index (χ0n) is 17.9. The Morgan fingerprint density at radius 1 is 1.13 bits per heavy atom. The molecule has 1 aliphatic rings. The van der Waals surface area contributed by atoms with E-state index in [4.69, 9.17) is 4.74 Å². The molecular formula is C22H27N3O5S. The highest BCUT2D eigenvalue weighted by atomic mass is 32.2. The van der Waals surface area contributed by atoms with Crippen LogP contribution in [0.1, 0.15) is 18.1 Å². The van der Waals surface area contributed by atoms with Crippen LogP contribution in [0.15, 0.2) is 48.5 Å². The number of amides is 2. The van der Waals surface area contributed by atoms with Gasteiger partial charge in [0.25, 0.3) is 0 Å². The Labute approximate surface area is 182 Å². The van der Waals surface area contributed by atoms with Crippen LogP contribution in [0.3, 0.4) is 0 Å². The smallest absolute Gasteiger partial charge is 0.243 e. The monoisotopic (exact) mass is 445 g/mol. The van der Waals surface area contributed by atoms with Gasteiger partial charge in [0.15, 0.2) is 0 Å². The number of fused-ring (bicyclic) bond motifs is 1. The summed E-state index contributed by atoms with van der Waals surface area (Å²) in [4.78, 5) is 26.9. The first-order valence-electron chi connectivity index (χ1n) is 10.0. The standard InChI is InChI=1S/C22H27N3O5S/c1-4-31(28,29)25-14-17-8-6-5-7-16(17)13-20(25)22(27)24(2)15-21(26)23-18-9-11-19(30-3)12-10-18/h5-12,20H,4,13-15H2,1-3H3,(H,23,26)/t20-/m1/s1. The van der Waals surface area contributed by atoms with Crippen molar-refractivity contribution in [3.8, 4) is 5.75 Å². The van der Waals surface area contributed by atoms with Crippen LogP contribution in [0.25, 0.3) is 0 Å². The molecule has 1 atom stereocenters. The Morgan fingerprint density at radius 3 is 2.39 bits per heavy atom. The molecule has 0 saturated heterocycles. The zero-order chi connectivity index (χ0) is 22.6. The van der Waals surface area contributed by atoms with E-state index in [9.17, 15) is 18.0 Å². The molecule has 166 valence electrons. The van der Waals surface area contributed by atoms with Gasteiger partial charge in [-0.3, -0.25) is 9.59 Å². The number of carbonyl (C=O) groups is 2. The maximum atomic E-state index is 13.2. The number of sulfonamides is 1. The second-order valence-electron chi connectivity index (χ2n) is 7.41. The summed E-state index contributed by atoms with van der Waals surface area (Å²) in [7, 11) is -0.539. The fourth-order valence-corrected chi connectivity index (χ4v) is 4.81. The van der Waals surface area contributed by atoms with Crippen molar-refractivity contribution in [1.29, 1.82) is 0 Å². The molecular weight excluding hydrogens is 418 g/mol. The molecule has 2 aromatic rings. The Balaban J connectivity index is 1.73. The maximum absolute atomic E-state index is 13.2. The molecule has 2 amide bonds. The van der Waals surface area contributed by atoms with E-state index in [1.54, 1.807) is 38.3 Å². The fourth-order valence-electron chi connectivity index (χ4n) is 3.59. The van der Waals surface area contributed by atoms with Gasteiger partial charge in [0.2, 0.25) is 21.8 Å². The van der Waals surface area contributed by atoms with E-state index in [0.717, 1.165) is 11.1 Å². The molecule has 0 aliphatic carbocycles. The lowest BCUT2D eigenvalue weighted by molar-refractivity contribution is -0.137. The quantitative estimate of drug-likeness (QED) is 0.702. The van der Waals surface area contributed by atoms with E-state index in [1.807, 2.05) is 24.3 Å². The highest BCUT2D eigenvalue weighted by Gasteiger charge is 2.39. The normalized spacial score (nSPS) is 16.3. The second kappa shape index (κ2) is 9.49. The molecule has 0 saturated carbocycles. The molecule has 0 aromatic heterocycles. The fraction of sp³-hybridized carbons (Fsp3) is 0.364. The van der Waals surface area contributed by atoms with Crippen molar-refractivity contribution in [3.05, 3.63) is 59.7 Å². The first kappa shape index (κ1) is 22.8. The molecule has 0 bridgehead atoms. The van der Waals surface area contributed by atoms with Crippen molar-refractivity contribution >= 4 is 27.5 Å². The summed E-state index contributed by atoms with van der Waals surface area (Å²) in [6.07, 6.45) is 0.276. The summed E-state index contributed by atoms with van der Waals surface area (Å²) in [6, 6.07) is 13.5. The van der Waals surface area contributed by atoms with E-state index in [-0.39, 0.29) is 31.2 Å². The van der Waals surface area contributed by atoms with Crippen molar-refractivity contribution in [3.63, 3.8) is 0 Å². The van der Waals surface area contributed by atoms with Crippen molar-refractivity contribution in [2.75, 3.05) is 31.8 Å². The van der Waals surface area contributed by atoms with Crippen LogP contribution in [0.5, 0.6) is 5.75 Å². The van der Waals surface area contributed by atoms with E-state index >= 15 is 0 Å². The predicted octanol–water partition coefficient (Wildman–Crippen LogP) is 1.87. The van der Waals surface area contributed by atoms with E-state index in [1.165, 1.54) is 16.3 Å². The minimum absolute atomic E-state index is 0.0966. The lowest BCUT2D eigenvalue weighted by atomic mass is 9.95. The van der Waals surface area contributed by atoms with Crippen LogP contribution in [0, 0.1) is 0 Å². The summed E-state index contributed by atoms with van der Waals surface area (Å²) in [6.45, 7) is 1.51. The van der Waals surface area contributed by atoms with Crippen molar-refractivity contribution < 1.29 is 22.7 Å². The molecule has 1 N–H and O–H groups in total. The molecule has 9 heteroatoms. The summed E-state index contributed by atoms with van der Waals surface area (Å²) < 4.78 is 31.7. The molecule has 0 spiro atoms. The van der Waals surface area contributed by atoms with Gasteiger partial charge in [0.05, 0.1) is 19.4 Å². The van der Waals surface area contributed by atoms with E-state index in [0.29, 0.717) is 11.4 Å². The minimum Gasteiger partial charge on any atom is -0.497 e. The molecule has 0 radical (unpaired) electrons. The van der Waals surface area contributed by atoms with Crippen LogP contribution in [-0.2, 0) is 32.6 Å². The average molecular weight is 446 g/mol. The number of nitrogens with one attached hydrogen (secondary N) is 1. The van der Waals surface area contributed by atoms with Gasteiger partial charge in [-0.2, -0.15) is 4.31 Å². The number of ether oxygens (including phenoxy) is 1. The maximum Gasteiger partial charge on any atom is 0.243 e. The van der Waals surface area contributed by atoms with Gasteiger partial charge in [-0.15, -0.1) is 0 Å². The highest BCUT2D eigenvalue weighted by Crippen LogP contribution is 2.27. The molecule has 1 aliphatic heterocycles. The molecule has 0 unspecified atom stereocenters. The lowest BCUT2D eigenvalue weighted by Gasteiger charge is -2.36. The Bertz CT molecular complexity index is 1050. The molecule has 8 nitrogen and oxygen atoms in total. The number of methoxy groups -OCH3 is 1. The summed E-state index contributed by atoms with van der Waals surface area (Å²) in [5, 5.41) is 2.73. The van der Waals surface area contributed by atoms with Crippen LogP contribution in [-0.4, -0.2) is 61.9 Å². The lowest BCUT2D eigenvalue weighted by Crippen LogP contribution is -2.54. The Morgan fingerprint density at radius 2 is 1.77 bits per heavy atom. The third kappa shape index (κ3) is 5.23. The van der Waals surface area contributed by atoms with Gasteiger partial charge in [0, 0.05) is 19.3 Å². The molecule has 3 rings (SSSR count). The van der Waals surface area contributed by atoms with Crippen molar-refractivity contribution in [1.82, 2.24) is 9.21 Å². The van der Waals surface area contributed by atoms with Crippen molar-refractivity contribution in [2.24, 2.45) is 0 Å². The molecule has 2 aromatic carbocycles. The van der Waals surface area contributed by atoms with Crippen LogP contribution in [0.2, 0.25) is 0 Å². The molecule has 31 heavy (non-hydrogen) atoms. The third-order valence-corrected chi connectivity index (χ3v) is 7.17. The van der Waals surface area contributed by atoms with Gasteiger partial charge in [-0.25, -0.2) is 8.42 Å². The second-order valence-corrected chi connectivity index (χ2v) is 9.62. The van der Waals surface area contributed by atoms with Gasteiger partial charge in [-0.1, -0.05) is 24.3 Å². The Kier molecular flexibility index (Phi) is 6.97. The minimum atomic E-state index is -3.60. The van der Waals surface area contributed by atoms with Crippen molar-refractivity contribution in [2.45, 2.75) is 25.9 Å². The number of nitrogens with zero attached hydrogens (tertiary/aromatic N) is 2. The third-order valence-electron chi connectivity index (χ3n) is 5.34. The topological polar surface area (TPSA) is 96.0 Å². The van der Waals surface area contributed by atoms with Crippen LogP contribution in [0.4, 0.5) is 5.69 Å². The average Bonchev–Trinajstić information content (AvgIpc) is 2.78. The first-order valence-corrected chi connectivity index (χ1v) is 11.6. The van der Waals surface area contributed by atoms with Gasteiger partial charge in [-0.05, 0) is 48.7 Å². The number of hydrogen-bond donors (Lipinski definition) is 1. The van der Waals surface area contributed by atoms with Gasteiger partial charge >= 0.3 is 0 Å². The largest absolute Gasteiger partial charge is 0.497 e. The number of benzene rings is 2. The summed E-state index contributed by atoms with van der Waals surface area (Å²) in [5.74, 6) is -0.209. The zero-order valence-corrected chi connectivity index (χ0v) is 18.7. The van der Waals surface area contributed by atoms with Gasteiger partial charge < -0.3 is 15.0 Å². The Hall–Kier alpha value is -2.91. The van der Waals surface area contributed by atoms with E-state index in [2.05, 4.69) is 5.32 Å². The van der Waals surface area contributed by atoms with Crippen LogP contribution < -0.4 is 10.1 Å². The van der Waals surface area contributed by atoms with E-state index < -0.39 is 22.0 Å². The number of hydrogen-bond acceptors (Lipinski definition) is 5. The van der Waals surface area contributed by atoms with Gasteiger partial charge in [0.1, 0.15) is 11.8 Å². The number of rotatable bonds is 7. The number of carbonyl (C=O) groups excluding carboxylic acids is 2. The SMILES string of the molecule is CCS(=O)(=O)N1Cc2ccccc2C[C@@H]1C(=O)N(C)CC(=O)Nc1ccc(OC)cc1. The first-order chi connectivity index (χ1) is 14.7. The summed E-state index contributed by atoms with van der Waals surface area (Å²) in [5.41, 5.74) is 2.41. The highest BCUT2D eigenvalue weighted by molar-refractivity contribution is 7.89. The molecule has 1 heterocycles. The number of likely N-dealkylation sites (N-methyl/N-ethyl adjacent to an activating group) is 1. The summed E-state index contributed by atoms with van der Waals surface area (Å²) >= 11 is 0. The van der Waals surface area contributed by atoms with Crippen LogP contribution >= 0.6 is 0 Å².